The number of halogens is 2. The largest absolute Gasteiger partial charge is 0.399 e. The fraction of sp³-hybridized carbons (Fsp3) is 0.188. The van der Waals surface area contributed by atoms with Crippen LogP contribution in [0.4, 0.5) is 11.4 Å². The second-order valence-electron chi connectivity index (χ2n) is 4.80. The van der Waals surface area contributed by atoms with Crippen molar-refractivity contribution in [1.82, 2.24) is 0 Å². The number of para-hydroxylation sites is 1. The Morgan fingerprint density at radius 2 is 1.90 bits per heavy atom. The third kappa shape index (κ3) is 3.90. The summed E-state index contributed by atoms with van der Waals surface area (Å²) < 4.78 is 0. The van der Waals surface area contributed by atoms with Gasteiger partial charge in [-0.05, 0) is 36.6 Å². The highest BCUT2D eigenvalue weighted by molar-refractivity contribution is 6.40. The molecule has 0 unspecified atom stereocenters. The van der Waals surface area contributed by atoms with Crippen molar-refractivity contribution in [2.75, 3.05) is 11.1 Å². The third-order valence-electron chi connectivity index (χ3n) is 3.23. The summed E-state index contributed by atoms with van der Waals surface area (Å²) in [5, 5.41) is 3.66. The Balaban J connectivity index is 2.03. The van der Waals surface area contributed by atoms with Crippen molar-refractivity contribution in [3.05, 3.63) is 57.6 Å². The van der Waals surface area contributed by atoms with Crippen molar-refractivity contribution in [2.24, 2.45) is 0 Å². The minimum absolute atomic E-state index is 0.146. The van der Waals surface area contributed by atoms with Crippen LogP contribution in [0.3, 0.4) is 0 Å². The number of hydrogen-bond donors (Lipinski definition) is 2. The SMILES string of the molecule is Cc1ccc(Cl)c(NC(=O)CCc2ccccc2N)c1Cl. The van der Waals surface area contributed by atoms with Gasteiger partial charge < -0.3 is 11.1 Å². The van der Waals surface area contributed by atoms with Crippen LogP contribution < -0.4 is 11.1 Å². The summed E-state index contributed by atoms with van der Waals surface area (Å²) in [5.41, 5.74) is 8.82. The number of aryl methyl sites for hydroxylation is 2. The van der Waals surface area contributed by atoms with E-state index in [1.165, 1.54) is 0 Å². The molecule has 0 saturated carbocycles. The Morgan fingerprint density at radius 3 is 2.62 bits per heavy atom. The van der Waals surface area contributed by atoms with E-state index >= 15 is 0 Å². The minimum atomic E-state index is -0.146. The first-order valence-corrected chi connectivity index (χ1v) is 7.32. The number of nitrogens with two attached hydrogens (primary N) is 1. The molecule has 3 nitrogen and oxygen atoms in total. The first-order valence-electron chi connectivity index (χ1n) is 6.57. The second-order valence-corrected chi connectivity index (χ2v) is 5.59. The fourth-order valence-electron chi connectivity index (χ4n) is 1.98. The van der Waals surface area contributed by atoms with Crippen molar-refractivity contribution >= 4 is 40.5 Å². The Bertz CT molecular complexity index is 671. The van der Waals surface area contributed by atoms with Crippen LogP contribution in [0.5, 0.6) is 0 Å². The molecule has 2 aromatic rings. The van der Waals surface area contributed by atoms with E-state index in [1.807, 2.05) is 37.3 Å². The van der Waals surface area contributed by atoms with Gasteiger partial charge in [-0.2, -0.15) is 0 Å². The number of nitrogens with one attached hydrogen (secondary N) is 1. The van der Waals surface area contributed by atoms with Gasteiger partial charge in [0.1, 0.15) is 0 Å². The van der Waals surface area contributed by atoms with E-state index in [9.17, 15) is 4.79 Å². The van der Waals surface area contributed by atoms with E-state index in [4.69, 9.17) is 28.9 Å². The molecule has 0 aromatic heterocycles. The van der Waals surface area contributed by atoms with Crippen LogP contribution in [0, 0.1) is 6.92 Å². The van der Waals surface area contributed by atoms with Crippen molar-refractivity contribution in [3.8, 4) is 0 Å². The lowest BCUT2D eigenvalue weighted by Crippen LogP contribution is -2.13. The number of rotatable bonds is 4. The molecule has 0 aliphatic rings. The van der Waals surface area contributed by atoms with Gasteiger partial charge in [-0.3, -0.25) is 4.79 Å². The van der Waals surface area contributed by atoms with Crippen LogP contribution in [-0.4, -0.2) is 5.91 Å². The van der Waals surface area contributed by atoms with E-state index in [-0.39, 0.29) is 5.91 Å². The third-order valence-corrected chi connectivity index (χ3v) is 4.03. The Labute approximate surface area is 134 Å². The molecule has 0 aliphatic heterocycles. The van der Waals surface area contributed by atoms with E-state index in [0.717, 1.165) is 11.1 Å². The zero-order chi connectivity index (χ0) is 15.4. The van der Waals surface area contributed by atoms with Gasteiger partial charge in [0.15, 0.2) is 0 Å². The molecule has 0 fully saturated rings. The zero-order valence-electron chi connectivity index (χ0n) is 11.6. The maximum absolute atomic E-state index is 12.0. The summed E-state index contributed by atoms with van der Waals surface area (Å²) in [7, 11) is 0. The topological polar surface area (TPSA) is 55.1 Å². The molecular weight excluding hydrogens is 307 g/mol. The van der Waals surface area contributed by atoms with Crippen LogP contribution in [0.1, 0.15) is 17.5 Å². The summed E-state index contributed by atoms with van der Waals surface area (Å²) in [6, 6.07) is 11.0. The van der Waals surface area contributed by atoms with Crippen molar-refractivity contribution < 1.29 is 4.79 Å². The molecule has 0 radical (unpaired) electrons. The highest BCUT2D eigenvalue weighted by Crippen LogP contribution is 2.33. The summed E-state index contributed by atoms with van der Waals surface area (Å²) in [6.45, 7) is 1.86. The van der Waals surface area contributed by atoms with Crippen LogP contribution in [-0.2, 0) is 11.2 Å². The fourth-order valence-corrected chi connectivity index (χ4v) is 2.45. The lowest BCUT2D eigenvalue weighted by Gasteiger charge is -2.11. The number of hydrogen-bond acceptors (Lipinski definition) is 2. The molecule has 1 amide bonds. The van der Waals surface area contributed by atoms with Crippen LogP contribution >= 0.6 is 23.2 Å². The number of anilines is 2. The van der Waals surface area contributed by atoms with Crippen molar-refractivity contribution in [3.63, 3.8) is 0 Å². The van der Waals surface area contributed by atoms with Gasteiger partial charge in [-0.15, -0.1) is 0 Å². The normalized spacial score (nSPS) is 10.4. The Hall–Kier alpha value is -1.71. The predicted octanol–water partition coefficient (Wildman–Crippen LogP) is 4.46. The molecule has 0 spiro atoms. The number of benzene rings is 2. The maximum atomic E-state index is 12.0. The maximum Gasteiger partial charge on any atom is 0.224 e. The van der Waals surface area contributed by atoms with E-state index in [1.54, 1.807) is 6.07 Å². The van der Waals surface area contributed by atoms with Gasteiger partial charge in [-0.25, -0.2) is 0 Å². The van der Waals surface area contributed by atoms with Gasteiger partial charge in [0.25, 0.3) is 0 Å². The monoisotopic (exact) mass is 322 g/mol. The average Bonchev–Trinajstić information content (AvgIpc) is 2.47. The predicted molar refractivity (Wildman–Crippen MR) is 89.0 cm³/mol. The first kappa shape index (κ1) is 15.7. The molecule has 3 N–H and O–H groups in total. The van der Waals surface area contributed by atoms with Gasteiger partial charge >= 0.3 is 0 Å². The van der Waals surface area contributed by atoms with Gasteiger partial charge in [0.05, 0.1) is 15.7 Å². The highest BCUT2D eigenvalue weighted by atomic mass is 35.5. The summed E-state index contributed by atoms with van der Waals surface area (Å²) >= 11 is 12.2. The summed E-state index contributed by atoms with van der Waals surface area (Å²) in [5.74, 6) is -0.146. The molecule has 0 atom stereocenters. The molecule has 2 aromatic carbocycles. The smallest absolute Gasteiger partial charge is 0.224 e. The first-order chi connectivity index (χ1) is 9.99. The molecule has 0 saturated heterocycles. The molecule has 0 heterocycles. The highest BCUT2D eigenvalue weighted by Gasteiger charge is 2.12. The van der Waals surface area contributed by atoms with E-state index in [2.05, 4.69) is 5.32 Å². The van der Waals surface area contributed by atoms with E-state index in [0.29, 0.717) is 34.3 Å². The van der Waals surface area contributed by atoms with Crippen LogP contribution in [0.25, 0.3) is 0 Å². The summed E-state index contributed by atoms with van der Waals surface area (Å²) in [4.78, 5) is 12.0. The number of amides is 1. The van der Waals surface area contributed by atoms with Crippen molar-refractivity contribution in [1.29, 1.82) is 0 Å². The molecular formula is C16H16Cl2N2O. The van der Waals surface area contributed by atoms with Gasteiger partial charge in [-0.1, -0.05) is 47.5 Å². The molecule has 0 bridgehead atoms. The Morgan fingerprint density at radius 1 is 1.19 bits per heavy atom. The molecule has 110 valence electrons. The lowest BCUT2D eigenvalue weighted by atomic mass is 10.1. The molecule has 0 aliphatic carbocycles. The molecule has 21 heavy (non-hydrogen) atoms. The number of carbonyl (C=O) groups excluding carboxylic acids is 1. The van der Waals surface area contributed by atoms with Crippen molar-refractivity contribution in [2.45, 2.75) is 19.8 Å². The quantitative estimate of drug-likeness (QED) is 0.817. The van der Waals surface area contributed by atoms with Gasteiger partial charge in [0.2, 0.25) is 5.91 Å². The Kier molecular flexibility index (Phi) is 5.10. The standard InChI is InChI=1S/C16H16Cl2N2O/c1-10-6-8-12(17)16(15(10)18)20-14(21)9-7-11-4-2-3-5-13(11)19/h2-6,8H,7,9,19H2,1H3,(H,20,21). The summed E-state index contributed by atoms with van der Waals surface area (Å²) in [6.07, 6.45) is 0.883. The number of carbonyl (C=O) groups is 1. The minimum Gasteiger partial charge on any atom is -0.399 e. The average molecular weight is 323 g/mol. The zero-order valence-corrected chi connectivity index (χ0v) is 13.1. The second kappa shape index (κ2) is 6.83. The number of nitrogen functional groups attached to an aromatic ring is 1. The lowest BCUT2D eigenvalue weighted by molar-refractivity contribution is -0.116. The molecule has 5 heteroatoms. The van der Waals surface area contributed by atoms with Crippen LogP contribution in [0.15, 0.2) is 36.4 Å². The molecule has 2 rings (SSSR count). The van der Waals surface area contributed by atoms with Gasteiger partial charge in [0, 0.05) is 12.1 Å². The van der Waals surface area contributed by atoms with Crippen LogP contribution in [0.2, 0.25) is 10.0 Å². The van der Waals surface area contributed by atoms with E-state index < -0.39 is 0 Å².